The van der Waals surface area contributed by atoms with Crippen molar-refractivity contribution in [2.24, 2.45) is 0 Å². The van der Waals surface area contributed by atoms with E-state index in [1.807, 2.05) is 53.9 Å². The Kier molecular flexibility index (Phi) is 5.59. The van der Waals surface area contributed by atoms with Gasteiger partial charge in [-0.25, -0.2) is 9.97 Å². The lowest BCUT2D eigenvalue weighted by atomic mass is 10.2. The van der Waals surface area contributed by atoms with Gasteiger partial charge in [0, 0.05) is 23.1 Å². The maximum Gasteiger partial charge on any atom is 0.226 e. The van der Waals surface area contributed by atoms with Crippen LogP contribution < -0.4 is 10.1 Å². The van der Waals surface area contributed by atoms with Gasteiger partial charge in [0.05, 0.1) is 23.8 Å². The van der Waals surface area contributed by atoms with Crippen molar-refractivity contribution in [3.05, 3.63) is 53.9 Å². The molecular weight excluding hydrogens is 392 g/mol. The Morgan fingerprint density at radius 3 is 2.96 bits per heavy atom. The highest BCUT2D eigenvalue weighted by Gasteiger charge is 2.10. The largest absolute Gasteiger partial charge is 0.497 e. The molecule has 0 aliphatic heterocycles. The van der Waals surface area contributed by atoms with Crippen molar-refractivity contribution in [3.63, 3.8) is 0 Å². The molecule has 2 aromatic carbocycles. The van der Waals surface area contributed by atoms with Crippen LogP contribution in [0.2, 0.25) is 0 Å². The van der Waals surface area contributed by atoms with Gasteiger partial charge in [-0.1, -0.05) is 36.0 Å². The number of thiazole rings is 1. The Balaban J connectivity index is 1.31. The van der Waals surface area contributed by atoms with Gasteiger partial charge in [-0.15, -0.1) is 11.3 Å². The molecule has 4 rings (SSSR count). The zero-order valence-electron chi connectivity index (χ0n) is 15.1. The highest BCUT2D eigenvalue weighted by Crippen LogP contribution is 2.27. The summed E-state index contributed by atoms with van der Waals surface area (Å²) in [6.07, 6.45) is 0.385. The Hall–Kier alpha value is -2.84. The molecule has 0 unspecified atom stereocenters. The van der Waals surface area contributed by atoms with Crippen LogP contribution in [0.4, 0.5) is 5.13 Å². The maximum absolute atomic E-state index is 12.2. The number of ether oxygens (including phenoxy) is 1. The fourth-order valence-corrected chi connectivity index (χ4v) is 4.23. The smallest absolute Gasteiger partial charge is 0.226 e. The van der Waals surface area contributed by atoms with E-state index in [1.165, 1.54) is 23.1 Å². The molecule has 0 aliphatic carbocycles. The number of anilines is 1. The summed E-state index contributed by atoms with van der Waals surface area (Å²) in [7, 11) is 1.63. The van der Waals surface area contributed by atoms with Gasteiger partial charge < -0.3 is 15.0 Å². The zero-order valence-corrected chi connectivity index (χ0v) is 16.8. The number of benzene rings is 2. The quantitative estimate of drug-likeness (QED) is 0.427. The molecule has 6 nitrogen and oxygen atoms in total. The van der Waals surface area contributed by atoms with Gasteiger partial charge in [0.25, 0.3) is 0 Å². The standard InChI is InChI=1S/C20H18N4O2S2/c1-26-14-6-4-5-13(11-14)17-12-28-20(23-17)24-18(25)9-10-27-19-21-15-7-2-3-8-16(15)22-19/h2-8,11-12H,9-10H2,1H3,(H,21,22)(H,23,24,25). The van der Waals surface area contributed by atoms with Gasteiger partial charge in [-0.3, -0.25) is 4.79 Å². The number of nitrogens with one attached hydrogen (secondary N) is 2. The SMILES string of the molecule is COc1cccc(-c2csc(NC(=O)CCSc3nc4ccccc4[nH]3)n2)c1. The number of imidazole rings is 1. The number of hydrogen-bond acceptors (Lipinski definition) is 6. The minimum Gasteiger partial charge on any atom is -0.497 e. The molecule has 1 amide bonds. The molecule has 0 radical (unpaired) electrons. The minimum absolute atomic E-state index is 0.0600. The summed E-state index contributed by atoms with van der Waals surface area (Å²) in [4.78, 5) is 24.5. The summed E-state index contributed by atoms with van der Waals surface area (Å²) < 4.78 is 5.24. The summed E-state index contributed by atoms with van der Waals surface area (Å²) in [6.45, 7) is 0. The van der Waals surface area contributed by atoms with Gasteiger partial charge in [0.2, 0.25) is 5.91 Å². The first-order chi connectivity index (χ1) is 13.7. The van der Waals surface area contributed by atoms with Gasteiger partial charge >= 0.3 is 0 Å². The van der Waals surface area contributed by atoms with Crippen LogP contribution in [-0.4, -0.2) is 33.7 Å². The number of methoxy groups -OCH3 is 1. The average Bonchev–Trinajstić information content (AvgIpc) is 3.34. The van der Waals surface area contributed by atoms with Gasteiger partial charge in [-0.05, 0) is 24.3 Å². The first kappa shape index (κ1) is 18.5. The van der Waals surface area contributed by atoms with E-state index in [0.29, 0.717) is 17.3 Å². The van der Waals surface area contributed by atoms with Gasteiger partial charge in [0.15, 0.2) is 10.3 Å². The maximum atomic E-state index is 12.2. The average molecular weight is 411 g/mol. The highest BCUT2D eigenvalue weighted by molar-refractivity contribution is 7.99. The number of carbonyl (C=O) groups is 1. The van der Waals surface area contributed by atoms with E-state index >= 15 is 0 Å². The third-order valence-electron chi connectivity index (χ3n) is 4.05. The Morgan fingerprint density at radius 2 is 2.11 bits per heavy atom. The van der Waals surface area contributed by atoms with Crippen LogP contribution in [0.3, 0.4) is 0 Å². The zero-order chi connectivity index (χ0) is 19.3. The summed E-state index contributed by atoms with van der Waals surface area (Å²) in [6, 6.07) is 15.6. The van der Waals surface area contributed by atoms with Crippen LogP contribution in [0, 0.1) is 0 Å². The van der Waals surface area contributed by atoms with Crippen molar-refractivity contribution < 1.29 is 9.53 Å². The molecule has 0 bridgehead atoms. The van der Waals surface area contributed by atoms with Gasteiger partial charge in [0.1, 0.15) is 5.75 Å². The van der Waals surface area contributed by atoms with Crippen LogP contribution in [0.25, 0.3) is 22.3 Å². The van der Waals surface area contributed by atoms with E-state index < -0.39 is 0 Å². The molecule has 8 heteroatoms. The summed E-state index contributed by atoms with van der Waals surface area (Å²) in [5, 5.41) is 6.21. The van der Waals surface area contributed by atoms with Crippen molar-refractivity contribution in [1.29, 1.82) is 0 Å². The molecule has 142 valence electrons. The summed E-state index contributed by atoms with van der Waals surface area (Å²) >= 11 is 2.94. The Morgan fingerprint density at radius 1 is 1.21 bits per heavy atom. The molecule has 0 spiro atoms. The molecule has 0 atom stereocenters. The van der Waals surface area contributed by atoms with Crippen molar-refractivity contribution in [1.82, 2.24) is 15.0 Å². The Labute approximate surface area is 170 Å². The van der Waals surface area contributed by atoms with E-state index in [9.17, 15) is 4.79 Å². The van der Waals surface area contributed by atoms with E-state index in [0.717, 1.165) is 33.2 Å². The molecule has 0 fully saturated rings. The lowest BCUT2D eigenvalue weighted by Gasteiger charge is -2.02. The first-order valence-electron chi connectivity index (χ1n) is 8.68. The van der Waals surface area contributed by atoms with E-state index in [4.69, 9.17) is 4.74 Å². The molecule has 2 N–H and O–H groups in total. The summed E-state index contributed by atoms with van der Waals surface area (Å²) in [5.41, 5.74) is 3.71. The second-order valence-electron chi connectivity index (χ2n) is 5.98. The predicted octanol–water partition coefficient (Wildman–Crippen LogP) is 4.82. The number of H-pyrrole nitrogens is 1. The molecule has 0 saturated carbocycles. The molecule has 0 saturated heterocycles. The number of thioether (sulfide) groups is 1. The molecule has 2 heterocycles. The van der Waals surface area contributed by atoms with E-state index in [-0.39, 0.29) is 5.91 Å². The van der Waals surface area contributed by atoms with Crippen LogP contribution in [0.1, 0.15) is 6.42 Å². The summed E-state index contributed by atoms with van der Waals surface area (Å²) in [5.74, 6) is 1.36. The number of para-hydroxylation sites is 2. The number of hydrogen-bond donors (Lipinski definition) is 2. The molecule has 28 heavy (non-hydrogen) atoms. The van der Waals surface area contributed by atoms with Crippen molar-refractivity contribution in [2.75, 3.05) is 18.2 Å². The number of rotatable bonds is 7. The third kappa shape index (κ3) is 4.35. The van der Waals surface area contributed by atoms with Crippen LogP contribution >= 0.6 is 23.1 Å². The second kappa shape index (κ2) is 8.45. The van der Waals surface area contributed by atoms with Gasteiger partial charge in [-0.2, -0.15) is 0 Å². The number of amides is 1. The predicted molar refractivity (Wildman–Crippen MR) is 114 cm³/mol. The highest BCUT2D eigenvalue weighted by atomic mass is 32.2. The van der Waals surface area contributed by atoms with Crippen LogP contribution in [-0.2, 0) is 4.79 Å². The second-order valence-corrected chi connectivity index (χ2v) is 7.92. The fourth-order valence-electron chi connectivity index (χ4n) is 2.67. The van der Waals surface area contributed by atoms with Crippen LogP contribution in [0.5, 0.6) is 5.75 Å². The number of aromatic amines is 1. The van der Waals surface area contributed by atoms with E-state index in [1.54, 1.807) is 7.11 Å². The lowest BCUT2D eigenvalue weighted by Crippen LogP contribution is -2.11. The lowest BCUT2D eigenvalue weighted by molar-refractivity contribution is -0.115. The van der Waals surface area contributed by atoms with E-state index in [2.05, 4.69) is 20.3 Å². The topological polar surface area (TPSA) is 79.9 Å². The molecule has 0 aliphatic rings. The minimum atomic E-state index is -0.0600. The number of fused-ring (bicyclic) bond motifs is 1. The number of aromatic nitrogens is 3. The van der Waals surface area contributed by atoms with Crippen molar-refractivity contribution in [3.8, 4) is 17.0 Å². The van der Waals surface area contributed by atoms with Crippen LogP contribution in [0.15, 0.2) is 59.1 Å². The normalized spacial score (nSPS) is 10.9. The number of carbonyl (C=O) groups excluding carboxylic acids is 1. The molecular formula is C20H18N4O2S2. The molecule has 4 aromatic rings. The third-order valence-corrected chi connectivity index (χ3v) is 5.68. The van der Waals surface area contributed by atoms with Crippen molar-refractivity contribution in [2.45, 2.75) is 11.6 Å². The monoisotopic (exact) mass is 410 g/mol. The fraction of sp³-hybridized carbons (Fsp3) is 0.150. The first-order valence-corrected chi connectivity index (χ1v) is 10.5. The molecule has 2 aromatic heterocycles. The Bertz CT molecular complexity index is 1070. The van der Waals surface area contributed by atoms with Crippen molar-refractivity contribution >= 4 is 45.2 Å². The number of nitrogens with zero attached hydrogens (tertiary/aromatic N) is 2.